The Kier molecular flexibility index (Phi) is 4.94. The quantitative estimate of drug-likeness (QED) is 0.176. The molecule has 1 aliphatic carbocycles. The number of fused-ring (bicyclic) bond motifs is 6. The first-order valence-corrected chi connectivity index (χ1v) is 16.8. The molecule has 2 heteroatoms. The van der Waals surface area contributed by atoms with Crippen molar-refractivity contribution in [3.63, 3.8) is 0 Å². The lowest BCUT2D eigenvalue weighted by molar-refractivity contribution is 0.670. The largest absolute Gasteiger partial charge is 0.455 e. The summed E-state index contributed by atoms with van der Waals surface area (Å²) in [4.78, 5) is 1.30. The molecule has 0 unspecified atom stereocenters. The van der Waals surface area contributed by atoms with E-state index in [0.717, 1.165) is 44.2 Å². The van der Waals surface area contributed by atoms with E-state index in [0.29, 0.717) is 16.7 Å². The van der Waals surface area contributed by atoms with Crippen LogP contribution in [-0.2, 0) is 5.41 Å². The third-order valence-corrected chi connectivity index (χ3v) is 9.92. The number of rotatable bonds is 6. The molecule has 1 aromatic heterocycles. The smallest absolute Gasteiger partial charge is 0.143 e. The lowest BCUT2D eigenvalue weighted by Crippen LogP contribution is -2.28. The first-order chi connectivity index (χ1) is 29.0. The van der Waals surface area contributed by atoms with E-state index >= 15 is 0 Å². The first-order valence-electron chi connectivity index (χ1n) is 21.3. The highest BCUT2D eigenvalue weighted by Gasteiger charge is 2.46. The number of hydrogen-bond donors (Lipinski definition) is 0. The topological polar surface area (TPSA) is 16.4 Å². The van der Waals surface area contributed by atoms with Gasteiger partial charge < -0.3 is 9.32 Å². The van der Waals surface area contributed by atoms with Crippen LogP contribution >= 0.6 is 0 Å². The van der Waals surface area contributed by atoms with Crippen LogP contribution in [0.25, 0.3) is 44.2 Å². The molecule has 0 saturated heterocycles. The number of nitrogens with zero attached hydrogens (tertiary/aromatic N) is 1. The van der Waals surface area contributed by atoms with Crippen LogP contribution in [0.15, 0.2) is 204 Å². The Balaban J connectivity index is 1.29. The van der Waals surface area contributed by atoms with E-state index in [-0.39, 0.29) is 34.7 Å². The second-order valence-corrected chi connectivity index (χ2v) is 12.6. The van der Waals surface area contributed by atoms with Gasteiger partial charge in [0, 0.05) is 33.4 Å². The highest BCUT2D eigenvalue weighted by molar-refractivity contribution is 6.09. The number of hydrogen-bond acceptors (Lipinski definition) is 2. The molecule has 0 bridgehead atoms. The molecule has 2 nitrogen and oxygen atoms in total. The minimum absolute atomic E-state index is 0.0102. The molecular formula is C49H33NO. The average molecular weight is 661 g/mol. The Bertz CT molecular complexity index is 3120. The van der Waals surface area contributed by atoms with E-state index < -0.39 is 47.7 Å². The minimum atomic E-state index is -0.875. The molecule has 1 aliphatic rings. The van der Waals surface area contributed by atoms with Gasteiger partial charge in [-0.05, 0) is 81.3 Å². The molecule has 0 radical (unpaired) electrons. The number of furan rings is 1. The molecule has 51 heavy (non-hydrogen) atoms. The van der Waals surface area contributed by atoms with E-state index in [1.807, 2.05) is 91.0 Å². The van der Waals surface area contributed by atoms with Crippen molar-refractivity contribution in [3.05, 3.63) is 222 Å². The van der Waals surface area contributed by atoms with Crippen LogP contribution < -0.4 is 4.90 Å². The summed E-state index contributed by atoms with van der Waals surface area (Å²) in [5, 5.41) is 1.60. The third kappa shape index (κ3) is 4.50. The second kappa shape index (κ2) is 11.8. The molecule has 0 fully saturated rings. The normalized spacial score (nSPS) is 15.3. The van der Waals surface area contributed by atoms with Crippen LogP contribution in [0, 0.1) is 0 Å². The molecular weight excluding hydrogens is 619 g/mol. The molecule has 0 atom stereocenters. The first kappa shape index (κ1) is 21.4. The molecule has 0 spiro atoms. The van der Waals surface area contributed by atoms with Gasteiger partial charge in [0.15, 0.2) is 0 Å². The number of benzene rings is 8. The molecule has 1 heterocycles. The third-order valence-electron chi connectivity index (χ3n) is 9.92. The molecule has 240 valence electrons. The van der Waals surface area contributed by atoms with Gasteiger partial charge in [0.1, 0.15) is 11.2 Å². The van der Waals surface area contributed by atoms with Crippen LogP contribution in [-0.4, -0.2) is 0 Å². The zero-order valence-corrected chi connectivity index (χ0v) is 27.2. The van der Waals surface area contributed by atoms with Gasteiger partial charge in [-0.1, -0.05) is 158 Å². The maximum atomic E-state index is 9.65. The Labute approximate surface area is 310 Å². The summed E-state index contributed by atoms with van der Waals surface area (Å²) in [6.07, 6.45) is 0. The summed E-state index contributed by atoms with van der Waals surface area (Å²) in [6, 6.07) is 42.1. The zero-order valence-electron chi connectivity index (χ0n) is 36.2. The lowest BCUT2D eigenvalue weighted by atomic mass is 9.67. The highest BCUT2D eigenvalue weighted by atomic mass is 16.3. The Morgan fingerprint density at radius 3 is 1.82 bits per heavy atom. The van der Waals surface area contributed by atoms with E-state index in [1.165, 1.54) is 4.90 Å². The van der Waals surface area contributed by atoms with E-state index in [4.69, 9.17) is 8.53 Å². The van der Waals surface area contributed by atoms with Gasteiger partial charge in [-0.3, -0.25) is 0 Å². The molecule has 0 aliphatic heterocycles. The fraction of sp³-hybridized carbons (Fsp3) is 0.0204. The van der Waals surface area contributed by atoms with Crippen molar-refractivity contribution in [1.82, 2.24) is 0 Å². The zero-order chi connectivity index (χ0) is 41.6. The van der Waals surface area contributed by atoms with E-state index in [9.17, 15) is 8.22 Å². The van der Waals surface area contributed by atoms with Crippen molar-refractivity contribution in [2.75, 3.05) is 4.90 Å². The van der Waals surface area contributed by atoms with Gasteiger partial charge in [-0.15, -0.1) is 0 Å². The van der Waals surface area contributed by atoms with Crippen LogP contribution in [0.4, 0.5) is 17.1 Å². The maximum absolute atomic E-state index is 9.65. The van der Waals surface area contributed by atoms with Crippen LogP contribution in [0.3, 0.4) is 0 Å². The molecule has 0 saturated carbocycles. The van der Waals surface area contributed by atoms with Crippen LogP contribution in [0.2, 0.25) is 0 Å². The van der Waals surface area contributed by atoms with E-state index in [1.54, 1.807) is 18.2 Å². The SMILES string of the molecule is [2H]c1c([2H])c([2H])c(N(c2ccc3c(c2)C(c2ccccc2)(c2ccccc2)c2ccccc2-3)c2c([2H])c([2H])c(-c3cccc4c3oc3ccccc34)c([2H])c2[2H])c([2H])c1[2H]. The Morgan fingerprint density at radius 1 is 0.451 bits per heavy atom. The summed E-state index contributed by atoms with van der Waals surface area (Å²) >= 11 is 0. The van der Waals surface area contributed by atoms with Crippen molar-refractivity contribution in [2.45, 2.75) is 5.41 Å². The fourth-order valence-corrected chi connectivity index (χ4v) is 7.79. The molecule has 9 aromatic rings. The van der Waals surface area contributed by atoms with Gasteiger partial charge in [0.05, 0.1) is 17.8 Å². The lowest BCUT2D eigenvalue weighted by Gasteiger charge is -2.35. The van der Waals surface area contributed by atoms with Gasteiger partial charge in [0.25, 0.3) is 0 Å². The summed E-state index contributed by atoms with van der Waals surface area (Å²) in [6.45, 7) is 0. The van der Waals surface area contributed by atoms with Crippen LogP contribution in [0.1, 0.15) is 34.6 Å². The summed E-state index contributed by atoms with van der Waals surface area (Å²) < 4.78 is 88.8. The van der Waals surface area contributed by atoms with Gasteiger partial charge >= 0.3 is 0 Å². The van der Waals surface area contributed by atoms with Crippen molar-refractivity contribution >= 4 is 39.0 Å². The Hall–Kier alpha value is -6.64. The van der Waals surface area contributed by atoms with Crippen molar-refractivity contribution in [1.29, 1.82) is 0 Å². The maximum Gasteiger partial charge on any atom is 0.143 e. The molecule has 10 rings (SSSR count). The number of para-hydroxylation sites is 3. The summed E-state index contributed by atoms with van der Waals surface area (Å²) in [5.41, 5.74) is 5.94. The van der Waals surface area contributed by atoms with Crippen LogP contribution in [0.5, 0.6) is 0 Å². The molecule has 0 amide bonds. The highest BCUT2D eigenvalue weighted by Crippen LogP contribution is 2.57. The van der Waals surface area contributed by atoms with Gasteiger partial charge in [-0.25, -0.2) is 0 Å². The summed E-state index contributed by atoms with van der Waals surface area (Å²) in [5.74, 6) is 0. The fourth-order valence-electron chi connectivity index (χ4n) is 7.79. The monoisotopic (exact) mass is 660 g/mol. The average Bonchev–Trinajstić information content (AvgIpc) is 3.81. The Morgan fingerprint density at radius 2 is 1.06 bits per heavy atom. The number of anilines is 3. The second-order valence-electron chi connectivity index (χ2n) is 12.6. The van der Waals surface area contributed by atoms with Gasteiger partial charge in [0.2, 0.25) is 0 Å². The minimum Gasteiger partial charge on any atom is -0.455 e. The standard InChI is InChI=1S/C49H33NO/c1-4-15-35(16-5-1)49(36-17-6-2-7-18-36)45-25-12-10-21-41(45)42-32-31-39(33-46(42)49)50(37-19-8-3-9-20-37)38-29-27-34(28-30-38)40-23-14-24-44-43-22-11-13-26-47(43)51-48(40)44/h1-33H/i3D,8D,9D,19D,20D,27D,28D,29D,30D. The van der Waals surface area contributed by atoms with Crippen molar-refractivity contribution < 1.29 is 16.8 Å². The summed E-state index contributed by atoms with van der Waals surface area (Å²) in [7, 11) is 0. The van der Waals surface area contributed by atoms with E-state index in [2.05, 4.69) is 36.4 Å². The van der Waals surface area contributed by atoms with Gasteiger partial charge in [-0.2, -0.15) is 0 Å². The predicted octanol–water partition coefficient (Wildman–Crippen LogP) is 13.1. The van der Waals surface area contributed by atoms with Crippen molar-refractivity contribution in [2.24, 2.45) is 0 Å². The molecule has 0 N–H and O–H groups in total. The molecule has 8 aromatic carbocycles. The van der Waals surface area contributed by atoms with Crippen molar-refractivity contribution in [3.8, 4) is 22.3 Å². The predicted molar refractivity (Wildman–Crippen MR) is 211 cm³/mol.